The minimum atomic E-state index is -0.886. The Morgan fingerprint density at radius 2 is 2.35 bits per heavy atom. The highest BCUT2D eigenvalue weighted by Gasteiger charge is 2.11. The SMILES string of the molecule is O=C(O)CSc1n[nH]c(-c2cc(Br)c(Br)s2)n1. The molecule has 2 rings (SSSR count). The van der Waals surface area contributed by atoms with Crippen molar-refractivity contribution in [3.63, 3.8) is 0 Å². The minimum absolute atomic E-state index is 0.0465. The number of thiophene rings is 1. The maximum atomic E-state index is 10.4. The summed E-state index contributed by atoms with van der Waals surface area (Å²) in [5, 5.41) is 15.7. The molecule has 0 bridgehead atoms. The van der Waals surface area contributed by atoms with E-state index in [1.807, 2.05) is 6.07 Å². The van der Waals surface area contributed by atoms with Crippen molar-refractivity contribution in [3.8, 4) is 10.7 Å². The topological polar surface area (TPSA) is 78.9 Å². The smallest absolute Gasteiger partial charge is 0.313 e. The molecule has 2 N–H and O–H groups in total. The molecule has 0 aliphatic rings. The molecule has 0 unspecified atom stereocenters. The number of hydrogen-bond acceptors (Lipinski definition) is 5. The molecule has 17 heavy (non-hydrogen) atoms. The first-order valence-electron chi connectivity index (χ1n) is 4.28. The second kappa shape index (κ2) is 5.51. The number of rotatable bonds is 4. The molecule has 90 valence electrons. The highest BCUT2D eigenvalue weighted by molar-refractivity contribution is 9.13. The summed E-state index contributed by atoms with van der Waals surface area (Å²) in [7, 11) is 0. The van der Waals surface area contributed by atoms with E-state index in [0.717, 1.165) is 24.9 Å². The van der Waals surface area contributed by atoms with Gasteiger partial charge in [0.05, 0.1) is 14.4 Å². The highest BCUT2D eigenvalue weighted by Crippen LogP contribution is 2.37. The largest absolute Gasteiger partial charge is 0.481 e. The summed E-state index contributed by atoms with van der Waals surface area (Å²) in [5.74, 6) is -0.299. The number of carboxylic acids is 1. The van der Waals surface area contributed by atoms with Crippen LogP contribution in [0.15, 0.2) is 19.5 Å². The molecule has 9 heteroatoms. The molecule has 0 saturated heterocycles. The molecule has 0 saturated carbocycles. The molecular weight excluding hydrogens is 394 g/mol. The number of carboxylic acid groups (broad SMARTS) is 1. The zero-order valence-electron chi connectivity index (χ0n) is 8.11. The van der Waals surface area contributed by atoms with Crippen LogP contribution in [0, 0.1) is 0 Å². The van der Waals surface area contributed by atoms with Crippen LogP contribution in [0.2, 0.25) is 0 Å². The average molecular weight is 399 g/mol. The molecule has 5 nitrogen and oxygen atoms in total. The number of aliphatic carboxylic acids is 1. The van der Waals surface area contributed by atoms with Crippen molar-refractivity contribution in [1.29, 1.82) is 0 Å². The van der Waals surface area contributed by atoms with Crippen LogP contribution in [0.5, 0.6) is 0 Å². The third kappa shape index (κ3) is 3.30. The number of H-pyrrole nitrogens is 1. The molecular formula is C8H5Br2N3O2S2. The van der Waals surface area contributed by atoms with Crippen LogP contribution in [-0.2, 0) is 4.79 Å². The van der Waals surface area contributed by atoms with Crippen molar-refractivity contribution in [3.05, 3.63) is 14.3 Å². The summed E-state index contributed by atoms with van der Waals surface area (Å²) in [6, 6.07) is 1.92. The van der Waals surface area contributed by atoms with Gasteiger partial charge < -0.3 is 5.11 Å². The molecule has 2 aromatic rings. The molecule has 0 aliphatic heterocycles. The van der Waals surface area contributed by atoms with Gasteiger partial charge in [-0.25, -0.2) is 4.98 Å². The van der Waals surface area contributed by atoms with Crippen LogP contribution >= 0.6 is 55.0 Å². The van der Waals surface area contributed by atoms with Gasteiger partial charge in [0.1, 0.15) is 0 Å². The maximum absolute atomic E-state index is 10.4. The van der Waals surface area contributed by atoms with E-state index in [9.17, 15) is 4.79 Å². The van der Waals surface area contributed by atoms with Crippen molar-refractivity contribution in [1.82, 2.24) is 15.2 Å². The van der Waals surface area contributed by atoms with Gasteiger partial charge in [-0.15, -0.1) is 16.4 Å². The zero-order chi connectivity index (χ0) is 12.4. The van der Waals surface area contributed by atoms with Crippen LogP contribution in [0.25, 0.3) is 10.7 Å². The summed E-state index contributed by atoms with van der Waals surface area (Å²) in [6.45, 7) is 0. The summed E-state index contributed by atoms with van der Waals surface area (Å²) >= 11 is 9.38. The summed E-state index contributed by atoms with van der Waals surface area (Å²) in [6.07, 6.45) is 0. The molecule has 0 aromatic carbocycles. The zero-order valence-corrected chi connectivity index (χ0v) is 12.9. The Balaban J connectivity index is 2.15. The lowest BCUT2D eigenvalue weighted by Crippen LogP contribution is -1.97. The average Bonchev–Trinajstić information content (AvgIpc) is 2.84. The van der Waals surface area contributed by atoms with Crippen LogP contribution < -0.4 is 0 Å². The first kappa shape index (κ1) is 13.1. The predicted molar refractivity (Wildman–Crippen MR) is 73.5 cm³/mol. The minimum Gasteiger partial charge on any atom is -0.481 e. The van der Waals surface area contributed by atoms with Crippen LogP contribution in [0.3, 0.4) is 0 Å². The molecule has 0 aliphatic carbocycles. The monoisotopic (exact) mass is 397 g/mol. The Hall–Kier alpha value is -0.380. The Kier molecular flexibility index (Phi) is 4.23. The number of nitrogens with zero attached hydrogens (tertiary/aromatic N) is 2. The lowest BCUT2D eigenvalue weighted by molar-refractivity contribution is -0.133. The first-order chi connectivity index (χ1) is 8.06. The predicted octanol–water partition coefficient (Wildman–Crippen LogP) is 3.23. The van der Waals surface area contributed by atoms with E-state index in [2.05, 4.69) is 47.0 Å². The quantitative estimate of drug-likeness (QED) is 0.773. The van der Waals surface area contributed by atoms with Gasteiger partial charge in [-0.1, -0.05) is 11.8 Å². The number of aromatic amines is 1. The van der Waals surface area contributed by atoms with Crippen molar-refractivity contribution in [2.45, 2.75) is 5.16 Å². The summed E-state index contributed by atoms with van der Waals surface area (Å²) in [4.78, 5) is 15.5. The van der Waals surface area contributed by atoms with Crippen LogP contribution in [-0.4, -0.2) is 32.0 Å². The molecule has 0 atom stereocenters. The van der Waals surface area contributed by atoms with E-state index < -0.39 is 5.97 Å². The van der Waals surface area contributed by atoms with Gasteiger partial charge in [-0.3, -0.25) is 9.89 Å². The van der Waals surface area contributed by atoms with Gasteiger partial charge in [0.25, 0.3) is 0 Å². The van der Waals surface area contributed by atoms with Gasteiger partial charge in [-0.2, -0.15) is 0 Å². The summed E-state index contributed by atoms with van der Waals surface area (Å²) < 4.78 is 1.93. The van der Waals surface area contributed by atoms with Crippen molar-refractivity contribution in [2.75, 3.05) is 5.75 Å². The van der Waals surface area contributed by atoms with Gasteiger partial charge in [0.2, 0.25) is 5.16 Å². The van der Waals surface area contributed by atoms with E-state index >= 15 is 0 Å². The second-order valence-corrected chi connectivity index (χ2v) is 7.05. The van der Waals surface area contributed by atoms with E-state index in [-0.39, 0.29) is 5.75 Å². The molecule has 0 spiro atoms. The highest BCUT2D eigenvalue weighted by atomic mass is 79.9. The number of aromatic nitrogens is 3. The number of nitrogens with one attached hydrogen (secondary N) is 1. The van der Waals surface area contributed by atoms with E-state index in [1.165, 1.54) is 11.3 Å². The van der Waals surface area contributed by atoms with Crippen molar-refractivity contribution >= 4 is 60.9 Å². The van der Waals surface area contributed by atoms with E-state index in [1.54, 1.807) is 0 Å². The van der Waals surface area contributed by atoms with E-state index in [0.29, 0.717) is 11.0 Å². The fourth-order valence-electron chi connectivity index (χ4n) is 1.01. The van der Waals surface area contributed by atoms with Gasteiger partial charge in [0, 0.05) is 4.47 Å². The second-order valence-electron chi connectivity index (χ2n) is 2.88. The number of thioether (sulfide) groups is 1. The number of carbonyl (C=O) groups is 1. The summed E-state index contributed by atoms with van der Waals surface area (Å²) in [5.41, 5.74) is 0. The fraction of sp³-hybridized carbons (Fsp3) is 0.125. The Bertz CT molecular complexity index is 535. The normalized spacial score (nSPS) is 10.7. The lowest BCUT2D eigenvalue weighted by Gasteiger charge is -1.88. The molecule has 0 amide bonds. The van der Waals surface area contributed by atoms with Gasteiger partial charge in [0.15, 0.2) is 5.82 Å². The Morgan fingerprint density at radius 3 is 2.94 bits per heavy atom. The standard InChI is InChI=1S/C8H5Br2N3O2S2/c9-3-1-4(17-6(3)10)7-11-8(13-12-7)16-2-5(14)15/h1H,2H2,(H,14,15)(H,11,12,13). The van der Waals surface area contributed by atoms with Gasteiger partial charge >= 0.3 is 5.97 Å². The van der Waals surface area contributed by atoms with E-state index in [4.69, 9.17) is 5.11 Å². The Morgan fingerprint density at radius 1 is 1.59 bits per heavy atom. The lowest BCUT2D eigenvalue weighted by atomic mass is 10.4. The molecule has 0 radical (unpaired) electrons. The molecule has 2 aromatic heterocycles. The number of halogens is 2. The maximum Gasteiger partial charge on any atom is 0.313 e. The fourth-order valence-corrected chi connectivity index (χ4v) is 3.50. The molecule has 0 fully saturated rings. The first-order valence-corrected chi connectivity index (χ1v) is 7.67. The third-order valence-corrected chi connectivity index (χ3v) is 5.76. The van der Waals surface area contributed by atoms with Crippen LogP contribution in [0.1, 0.15) is 0 Å². The third-order valence-electron chi connectivity index (χ3n) is 1.67. The van der Waals surface area contributed by atoms with Crippen LogP contribution in [0.4, 0.5) is 0 Å². The number of hydrogen-bond donors (Lipinski definition) is 2. The van der Waals surface area contributed by atoms with Crippen molar-refractivity contribution in [2.24, 2.45) is 0 Å². The van der Waals surface area contributed by atoms with Crippen molar-refractivity contribution < 1.29 is 9.90 Å². The van der Waals surface area contributed by atoms with Gasteiger partial charge in [-0.05, 0) is 37.9 Å². The molecule has 2 heterocycles. The Labute approximate surface area is 121 Å².